The molecule has 0 fully saturated rings. The molecule has 156 valence electrons. The van der Waals surface area contributed by atoms with Gasteiger partial charge < -0.3 is 25.2 Å². The molecule has 3 rings (SSSR count). The van der Waals surface area contributed by atoms with Crippen molar-refractivity contribution in [3.8, 4) is 17.2 Å². The van der Waals surface area contributed by atoms with Gasteiger partial charge in [-0.15, -0.1) is 0 Å². The van der Waals surface area contributed by atoms with Crippen LogP contribution in [0.15, 0.2) is 72.8 Å². The van der Waals surface area contributed by atoms with Gasteiger partial charge in [-0.2, -0.15) is 0 Å². The molecule has 0 aliphatic heterocycles. The highest BCUT2D eigenvalue weighted by molar-refractivity contribution is 5.73. The van der Waals surface area contributed by atoms with Gasteiger partial charge in [-0.05, 0) is 47.4 Å². The lowest BCUT2D eigenvalue weighted by atomic mass is 10.1. The van der Waals surface area contributed by atoms with Crippen molar-refractivity contribution in [3.63, 3.8) is 0 Å². The molecule has 30 heavy (non-hydrogen) atoms. The number of aromatic hydroxyl groups is 1. The average Bonchev–Trinajstić information content (AvgIpc) is 2.79. The standard InChI is InChI=1S/C24H26N2O4/c1-29-23-15-18(9-12-22(23)27)13-14-25-24(28)26-16-19-7-10-21(11-8-19)30-17-20-5-3-2-4-6-20/h2-12,15,27H,13-14,16-17H2,1H3,(H2,25,26,28). The van der Waals surface area contributed by atoms with Gasteiger partial charge in [0.15, 0.2) is 11.5 Å². The van der Waals surface area contributed by atoms with Gasteiger partial charge in [0.2, 0.25) is 0 Å². The van der Waals surface area contributed by atoms with Crippen LogP contribution in [0.1, 0.15) is 16.7 Å². The van der Waals surface area contributed by atoms with Crippen molar-refractivity contribution in [1.82, 2.24) is 10.6 Å². The molecule has 0 aliphatic rings. The summed E-state index contributed by atoms with van der Waals surface area (Å²) in [6.07, 6.45) is 0.636. The Bertz CT molecular complexity index is 943. The van der Waals surface area contributed by atoms with Gasteiger partial charge in [-0.3, -0.25) is 0 Å². The summed E-state index contributed by atoms with van der Waals surface area (Å²) in [5.41, 5.74) is 3.07. The van der Waals surface area contributed by atoms with Crippen LogP contribution in [0.5, 0.6) is 17.2 Å². The second-order valence-corrected chi connectivity index (χ2v) is 6.78. The Morgan fingerprint density at radius 2 is 1.63 bits per heavy atom. The number of phenolic OH excluding ortho intramolecular Hbond substituents is 1. The fourth-order valence-electron chi connectivity index (χ4n) is 2.89. The Hall–Kier alpha value is -3.67. The lowest BCUT2D eigenvalue weighted by Gasteiger charge is -2.10. The number of amides is 2. The normalized spacial score (nSPS) is 10.3. The van der Waals surface area contributed by atoms with Crippen molar-refractivity contribution in [2.24, 2.45) is 0 Å². The van der Waals surface area contributed by atoms with Crippen molar-refractivity contribution >= 4 is 6.03 Å². The highest BCUT2D eigenvalue weighted by atomic mass is 16.5. The molecule has 0 saturated carbocycles. The van der Waals surface area contributed by atoms with Crippen molar-refractivity contribution in [3.05, 3.63) is 89.5 Å². The van der Waals surface area contributed by atoms with E-state index in [-0.39, 0.29) is 11.8 Å². The molecular formula is C24H26N2O4. The van der Waals surface area contributed by atoms with Gasteiger partial charge in [-0.25, -0.2) is 4.79 Å². The van der Waals surface area contributed by atoms with E-state index in [4.69, 9.17) is 9.47 Å². The second kappa shape index (κ2) is 10.8. The number of phenols is 1. The molecule has 0 unspecified atom stereocenters. The Morgan fingerprint density at radius 3 is 2.37 bits per heavy atom. The van der Waals surface area contributed by atoms with Crippen LogP contribution in [0.2, 0.25) is 0 Å². The first-order valence-electron chi connectivity index (χ1n) is 9.77. The van der Waals surface area contributed by atoms with E-state index in [9.17, 15) is 9.90 Å². The molecular weight excluding hydrogens is 380 g/mol. The average molecular weight is 406 g/mol. The summed E-state index contributed by atoms with van der Waals surface area (Å²) >= 11 is 0. The molecule has 2 amide bonds. The van der Waals surface area contributed by atoms with E-state index in [2.05, 4.69) is 10.6 Å². The minimum atomic E-state index is -0.231. The topological polar surface area (TPSA) is 79.8 Å². The van der Waals surface area contributed by atoms with E-state index >= 15 is 0 Å². The van der Waals surface area contributed by atoms with E-state index < -0.39 is 0 Å². The molecule has 0 heterocycles. The minimum Gasteiger partial charge on any atom is -0.504 e. The number of carbonyl (C=O) groups is 1. The van der Waals surface area contributed by atoms with Crippen LogP contribution in [-0.4, -0.2) is 24.8 Å². The molecule has 6 heteroatoms. The molecule has 0 bridgehead atoms. The number of urea groups is 1. The quantitative estimate of drug-likeness (QED) is 0.501. The van der Waals surface area contributed by atoms with Crippen LogP contribution in [0.25, 0.3) is 0 Å². The van der Waals surface area contributed by atoms with Crippen molar-refractivity contribution in [2.45, 2.75) is 19.6 Å². The molecule has 0 saturated heterocycles. The fraction of sp³-hybridized carbons (Fsp3) is 0.208. The lowest BCUT2D eigenvalue weighted by molar-refractivity contribution is 0.240. The number of carbonyl (C=O) groups excluding carboxylic acids is 1. The predicted octanol–water partition coefficient (Wildman–Crippen LogP) is 4.02. The zero-order valence-corrected chi connectivity index (χ0v) is 16.9. The second-order valence-electron chi connectivity index (χ2n) is 6.78. The summed E-state index contributed by atoms with van der Waals surface area (Å²) in [6, 6.07) is 22.6. The van der Waals surface area contributed by atoms with Crippen molar-refractivity contribution < 1.29 is 19.4 Å². The summed E-state index contributed by atoms with van der Waals surface area (Å²) < 4.78 is 10.9. The number of rotatable bonds is 9. The Morgan fingerprint density at radius 1 is 0.900 bits per heavy atom. The monoisotopic (exact) mass is 406 g/mol. The van der Waals surface area contributed by atoms with Crippen LogP contribution in [-0.2, 0) is 19.6 Å². The first kappa shape index (κ1) is 21.0. The van der Waals surface area contributed by atoms with Crippen LogP contribution in [0.4, 0.5) is 4.79 Å². The Balaban J connectivity index is 1.37. The molecule has 3 aromatic rings. The summed E-state index contributed by atoms with van der Waals surface area (Å²) in [7, 11) is 1.51. The summed E-state index contributed by atoms with van der Waals surface area (Å²) in [5, 5.41) is 15.3. The third kappa shape index (κ3) is 6.44. The molecule has 0 aliphatic carbocycles. The zero-order chi connectivity index (χ0) is 21.2. The Labute approximate surface area is 176 Å². The predicted molar refractivity (Wildman–Crippen MR) is 116 cm³/mol. The maximum absolute atomic E-state index is 12.0. The van der Waals surface area contributed by atoms with Gasteiger partial charge in [0.25, 0.3) is 0 Å². The first-order chi connectivity index (χ1) is 14.6. The lowest BCUT2D eigenvalue weighted by Crippen LogP contribution is -2.36. The highest BCUT2D eigenvalue weighted by Crippen LogP contribution is 2.26. The summed E-state index contributed by atoms with van der Waals surface area (Å²) in [5.74, 6) is 1.31. The van der Waals surface area contributed by atoms with Crippen LogP contribution < -0.4 is 20.1 Å². The van der Waals surface area contributed by atoms with Gasteiger partial charge in [0.1, 0.15) is 12.4 Å². The number of hydrogen-bond acceptors (Lipinski definition) is 4. The molecule has 0 atom stereocenters. The number of hydrogen-bond donors (Lipinski definition) is 3. The highest BCUT2D eigenvalue weighted by Gasteiger charge is 2.04. The molecule has 6 nitrogen and oxygen atoms in total. The smallest absolute Gasteiger partial charge is 0.315 e. The molecule has 0 radical (unpaired) electrons. The van der Waals surface area contributed by atoms with E-state index in [0.717, 1.165) is 22.4 Å². The van der Waals surface area contributed by atoms with Gasteiger partial charge in [0, 0.05) is 13.1 Å². The number of ether oxygens (including phenoxy) is 2. The van der Waals surface area contributed by atoms with E-state index in [1.165, 1.54) is 7.11 Å². The zero-order valence-electron chi connectivity index (χ0n) is 16.9. The third-order valence-electron chi connectivity index (χ3n) is 4.57. The fourth-order valence-corrected chi connectivity index (χ4v) is 2.89. The minimum absolute atomic E-state index is 0.100. The summed E-state index contributed by atoms with van der Waals surface area (Å²) in [4.78, 5) is 12.0. The van der Waals surface area contributed by atoms with Crippen LogP contribution in [0.3, 0.4) is 0 Å². The molecule has 0 aromatic heterocycles. The van der Waals surface area contributed by atoms with Gasteiger partial charge in [-0.1, -0.05) is 48.5 Å². The van der Waals surface area contributed by atoms with Crippen LogP contribution in [0, 0.1) is 0 Å². The number of nitrogens with one attached hydrogen (secondary N) is 2. The summed E-state index contributed by atoms with van der Waals surface area (Å²) in [6.45, 7) is 1.43. The SMILES string of the molecule is COc1cc(CCNC(=O)NCc2ccc(OCc3ccccc3)cc2)ccc1O. The maximum atomic E-state index is 12.0. The van der Waals surface area contributed by atoms with Crippen molar-refractivity contribution in [2.75, 3.05) is 13.7 Å². The third-order valence-corrected chi connectivity index (χ3v) is 4.57. The van der Waals surface area contributed by atoms with E-state index in [1.807, 2.05) is 54.6 Å². The molecule has 3 N–H and O–H groups in total. The van der Waals surface area contributed by atoms with E-state index in [0.29, 0.717) is 31.9 Å². The molecule has 0 spiro atoms. The van der Waals surface area contributed by atoms with Gasteiger partial charge >= 0.3 is 6.03 Å². The van der Waals surface area contributed by atoms with Crippen LogP contribution >= 0.6 is 0 Å². The van der Waals surface area contributed by atoms with Gasteiger partial charge in [0.05, 0.1) is 7.11 Å². The number of benzene rings is 3. The van der Waals surface area contributed by atoms with Crippen molar-refractivity contribution in [1.29, 1.82) is 0 Å². The van der Waals surface area contributed by atoms with E-state index in [1.54, 1.807) is 18.2 Å². The first-order valence-corrected chi connectivity index (χ1v) is 9.77. The maximum Gasteiger partial charge on any atom is 0.315 e. The molecule has 3 aromatic carbocycles. The Kier molecular flexibility index (Phi) is 7.55. The largest absolute Gasteiger partial charge is 0.504 e. The number of methoxy groups -OCH3 is 1.